The van der Waals surface area contributed by atoms with E-state index in [1.54, 1.807) is 6.07 Å². The predicted octanol–water partition coefficient (Wildman–Crippen LogP) is 5.89. The lowest BCUT2D eigenvalue weighted by atomic mass is 10.00. The Bertz CT molecular complexity index is 523. The minimum Gasteiger partial charge on any atom is -0.490 e. The Kier molecular flexibility index (Phi) is 9.02. The van der Waals surface area contributed by atoms with Crippen LogP contribution in [0.4, 0.5) is 4.39 Å². The van der Waals surface area contributed by atoms with E-state index in [0.717, 1.165) is 36.8 Å². The van der Waals surface area contributed by atoms with E-state index in [0.29, 0.717) is 36.9 Å². The van der Waals surface area contributed by atoms with E-state index in [4.69, 9.17) is 4.74 Å². The highest BCUT2D eigenvalue weighted by molar-refractivity contribution is 5.80. The molecule has 0 radical (unpaired) electrons. The van der Waals surface area contributed by atoms with Crippen molar-refractivity contribution in [3.63, 3.8) is 0 Å². The number of aryl methyl sites for hydroxylation is 2. The highest BCUT2D eigenvalue weighted by atomic mass is 19.1. The number of halogens is 1. The third-order valence-electron chi connectivity index (χ3n) is 4.49. The topological polar surface area (TPSA) is 26.3 Å². The van der Waals surface area contributed by atoms with Crippen molar-refractivity contribution in [3.8, 4) is 5.75 Å². The summed E-state index contributed by atoms with van der Waals surface area (Å²) in [6, 6.07) is 3.69. The molecule has 1 rings (SSSR count). The molecule has 1 unspecified atom stereocenters. The number of benzene rings is 1. The van der Waals surface area contributed by atoms with E-state index >= 15 is 0 Å². The summed E-state index contributed by atoms with van der Waals surface area (Å²) >= 11 is 0. The van der Waals surface area contributed by atoms with Crippen LogP contribution >= 0.6 is 0 Å². The Morgan fingerprint density at radius 2 is 1.88 bits per heavy atom. The van der Waals surface area contributed by atoms with Gasteiger partial charge in [-0.3, -0.25) is 4.79 Å². The summed E-state index contributed by atoms with van der Waals surface area (Å²) in [5.74, 6) is 1.01. The maximum absolute atomic E-state index is 14.6. The van der Waals surface area contributed by atoms with Gasteiger partial charge >= 0.3 is 0 Å². The molecule has 0 saturated heterocycles. The Labute approximate surface area is 146 Å². The largest absolute Gasteiger partial charge is 0.490 e. The van der Waals surface area contributed by atoms with Gasteiger partial charge in [0.25, 0.3) is 0 Å². The van der Waals surface area contributed by atoms with Gasteiger partial charge in [-0.2, -0.15) is 0 Å². The van der Waals surface area contributed by atoms with Crippen LogP contribution in [0.1, 0.15) is 70.9 Å². The first-order chi connectivity index (χ1) is 11.3. The molecule has 0 aliphatic heterocycles. The molecule has 0 amide bonds. The van der Waals surface area contributed by atoms with Crippen molar-refractivity contribution in [2.45, 2.75) is 73.1 Å². The number of hydrogen-bond donors (Lipinski definition) is 0. The number of rotatable bonds is 11. The average Bonchev–Trinajstić information content (AvgIpc) is 2.54. The fourth-order valence-electron chi connectivity index (χ4n) is 2.53. The zero-order chi connectivity index (χ0) is 18.1. The van der Waals surface area contributed by atoms with Crippen LogP contribution in [0.2, 0.25) is 0 Å². The number of unbranched alkanes of at least 4 members (excludes halogenated alkanes) is 2. The summed E-state index contributed by atoms with van der Waals surface area (Å²) in [5.41, 5.74) is 1.75. The van der Waals surface area contributed by atoms with Crippen LogP contribution in [-0.4, -0.2) is 12.4 Å². The zero-order valence-corrected chi connectivity index (χ0v) is 16.0. The Balaban J connectivity index is 2.52. The standard InChI is InChI=1S/C21H33FO2/c1-6-16(4)14-24-20-13-17(5)12-18(21(20)22)10-8-7-9-11-19(23)15(2)3/h12-13,15-16H,6-11,14H2,1-5H3. The maximum Gasteiger partial charge on any atom is 0.168 e. The summed E-state index contributed by atoms with van der Waals surface area (Å²) in [6.07, 6.45) is 5.10. The molecule has 1 aromatic carbocycles. The second-order valence-corrected chi connectivity index (χ2v) is 7.24. The van der Waals surface area contributed by atoms with Gasteiger partial charge in [0.05, 0.1) is 6.61 Å². The number of carbonyl (C=O) groups is 1. The van der Waals surface area contributed by atoms with E-state index in [2.05, 4.69) is 13.8 Å². The fraction of sp³-hybridized carbons (Fsp3) is 0.667. The van der Waals surface area contributed by atoms with E-state index in [1.165, 1.54) is 0 Å². The van der Waals surface area contributed by atoms with E-state index in [1.807, 2.05) is 26.8 Å². The Hall–Kier alpha value is -1.38. The van der Waals surface area contributed by atoms with Crippen LogP contribution in [-0.2, 0) is 11.2 Å². The summed E-state index contributed by atoms with van der Waals surface area (Å²) in [7, 11) is 0. The molecule has 3 heteroatoms. The lowest BCUT2D eigenvalue weighted by Gasteiger charge is -2.14. The van der Waals surface area contributed by atoms with Crippen molar-refractivity contribution in [1.82, 2.24) is 0 Å². The molecule has 1 aromatic rings. The molecular formula is C21H33FO2. The molecule has 0 aliphatic rings. The van der Waals surface area contributed by atoms with Crippen molar-refractivity contribution < 1.29 is 13.9 Å². The summed E-state index contributed by atoms with van der Waals surface area (Å²) < 4.78 is 20.2. The number of hydrogen-bond acceptors (Lipinski definition) is 2. The second kappa shape index (κ2) is 10.5. The first-order valence-corrected chi connectivity index (χ1v) is 9.29. The van der Waals surface area contributed by atoms with Gasteiger partial charge in [-0.05, 0) is 49.3 Å². The van der Waals surface area contributed by atoms with Gasteiger partial charge in [0.2, 0.25) is 0 Å². The van der Waals surface area contributed by atoms with Gasteiger partial charge < -0.3 is 4.74 Å². The highest BCUT2D eigenvalue weighted by Gasteiger charge is 2.12. The molecule has 136 valence electrons. The summed E-state index contributed by atoms with van der Waals surface area (Å²) in [6.45, 7) is 10.6. The zero-order valence-electron chi connectivity index (χ0n) is 16.0. The molecule has 1 atom stereocenters. The SMILES string of the molecule is CCC(C)COc1cc(C)cc(CCCCCC(=O)C(C)C)c1F. The van der Waals surface area contributed by atoms with Crippen LogP contribution in [0, 0.1) is 24.6 Å². The van der Waals surface area contributed by atoms with Gasteiger partial charge in [0.15, 0.2) is 11.6 Å². The fourth-order valence-corrected chi connectivity index (χ4v) is 2.53. The predicted molar refractivity (Wildman–Crippen MR) is 98.1 cm³/mol. The van der Waals surface area contributed by atoms with Gasteiger partial charge in [0.1, 0.15) is 5.78 Å². The maximum atomic E-state index is 14.6. The lowest BCUT2D eigenvalue weighted by Crippen LogP contribution is -2.09. The molecule has 0 fully saturated rings. The van der Waals surface area contributed by atoms with E-state index in [9.17, 15) is 9.18 Å². The molecule has 24 heavy (non-hydrogen) atoms. The lowest BCUT2D eigenvalue weighted by molar-refractivity contribution is -0.122. The van der Waals surface area contributed by atoms with E-state index < -0.39 is 0 Å². The minimum atomic E-state index is -0.220. The van der Waals surface area contributed by atoms with E-state index in [-0.39, 0.29) is 11.7 Å². The van der Waals surface area contributed by atoms with Crippen molar-refractivity contribution >= 4 is 5.78 Å². The molecule has 0 aliphatic carbocycles. The molecular weight excluding hydrogens is 303 g/mol. The summed E-state index contributed by atoms with van der Waals surface area (Å²) in [4.78, 5) is 11.6. The third-order valence-corrected chi connectivity index (χ3v) is 4.49. The average molecular weight is 336 g/mol. The van der Waals surface area contributed by atoms with Crippen LogP contribution in [0.15, 0.2) is 12.1 Å². The van der Waals surface area contributed by atoms with Crippen molar-refractivity contribution in [2.75, 3.05) is 6.61 Å². The van der Waals surface area contributed by atoms with Crippen molar-refractivity contribution in [2.24, 2.45) is 11.8 Å². The van der Waals surface area contributed by atoms with Crippen molar-refractivity contribution in [3.05, 3.63) is 29.1 Å². The Morgan fingerprint density at radius 1 is 1.17 bits per heavy atom. The van der Waals surface area contributed by atoms with Crippen LogP contribution in [0.3, 0.4) is 0 Å². The Morgan fingerprint density at radius 3 is 2.50 bits per heavy atom. The minimum absolute atomic E-state index is 0.115. The first-order valence-electron chi connectivity index (χ1n) is 9.29. The number of ether oxygens (including phenoxy) is 1. The molecule has 0 bridgehead atoms. The molecule has 0 aromatic heterocycles. The number of carbonyl (C=O) groups excluding carboxylic acids is 1. The van der Waals surface area contributed by atoms with Gasteiger partial charge in [-0.25, -0.2) is 4.39 Å². The van der Waals surface area contributed by atoms with Crippen LogP contribution < -0.4 is 4.74 Å². The number of Topliss-reactive ketones (excluding diaryl/α,β-unsaturated/α-hetero) is 1. The second-order valence-electron chi connectivity index (χ2n) is 7.24. The van der Waals surface area contributed by atoms with Crippen LogP contribution in [0.25, 0.3) is 0 Å². The first kappa shape index (κ1) is 20.7. The molecule has 0 N–H and O–H groups in total. The monoisotopic (exact) mass is 336 g/mol. The molecule has 2 nitrogen and oxygen atoms in total. The molecule has 0 saturated carbocycles. The van der Waals surface area contributed by atoms with Gasteiger partial charge in [-0.15, -0.1) is 0 Å². The van der Waals surface area contributed by atoms with Gasteiger partial charge in [-0.1, -0.05) is 46.6 Å². The highest BCUT2D eigenvalue weighted by Crippen LogP contribution is 2.25. The smallest absolute Gasteiger partial charge is 0.168 e. The third kappa shape index (κ3) is 7.02. The quantitative estimate of drug-likeness (QED) is 0.471. The summed E-state index contributed by atoms with van der Waals surface area (Å²) in [5, 5.41) is 0. The number of ketones is 1. The van der Waals surface area contributed by atoms with Crippen molar-refractivity contribution in [1.29, 1.82) is 0 Å². The van der Waals surface area contributed by atoms with Crippen LogP contribution in [0.5, 0.6) is 5.75 Å². The van der Waals surface area contributed by atoms with Gasteiger partial charge in [0, 0.05) is 12.3 Å². The normalized spacial score (nSPS) is 12.5. The molecule has 0 heterocycles. The molecule has 0 spiro atoms.